The molecule has 0 bridgehead atoms. The average molecular weight is 326 g/mol. The highest BCUT2D eigenvalue weighted by molar-refractivity contribution is 7.07. The van der Waals surface area contributed by atoms with Crippen molar-refractivity contribution in [2.75, 3.05) is 12.3 Å². The maximum Gasteiger partial charge on any atom is 0.307 e. The fraction of sp³-hybridized carbons (Fsp3) is 0.167. The summed E-state index contributed by atoms with van der Waals surface area (Å²) in [7, 11) is 0. The summed E-state index contributed by atoms with van der Waals surface area (Å²) in [5, 5.41) is 1.87. The van der Waals surface area contributed by atoms with Gasteiger partial charge in [0.1, 0.15) is 12.4 Å². The Morgan fingerprint density at radius 2 is 1.78 bits per heavy atom. The summed E-state index contributed by atoms with van der Waals surface area (Å²) in [6.07, 6.45) is 0. The molecule has 0 aliphatic rings. The van der Waals surface area contributed by atoms with Crippen LogP contribution in [-0.4, -0.2) is 11.2 Å². The van der Waals surface area contributed by atoms with Crippen molar-refractivity contribution < 1.29 is 4.74 Å². The Kier molecular flexibility index (Phi) is 4.48. The van der Waals surface area contributed by atoms with Crippen molar-refractivity contribution in [2.24, 2.45) is 0 Å². The van der Waals surface area contributed by atoms with E-state index < -0.39 is 0 Å². The molecule has 0 saturated carbocycles. The minimum absolute atomic E-state index is 0.0179. The van der Waals surface area contributed by atoms with Crippen molar-refractivity contribution >= 4 is 17.0 Å². The van der Waals surface area contributed by atoms with Crippen LogP contribution >= 0.6 is 11.3 Å². The number of rotatable bonds is 5. The predicted octanol–water partition coefficient (Wildman–Crippen LogP) is 3.55. The number of nitrogens with two attached hydrogens (primary N) is 1. The Morgan fingerprint density at radius 3 is 2.48 bits per heavy atom. The number of anilines is 1. The lowest BCUT2D eigenvalue weighted by Crippen LogP contribution is -2.18. The minimum atomic E-state index is 0.0179. The summed E-state index contributed by atoms with van der Waals surface area (Å²) in [4.78, 5) is 12.1. The molecule has 1 aromatic heterocycles. The Balaban J connectivity index is 1.73. The average Bonchev–Trinajstić information content (AvgIpc) is 2.91. The van der Waals surface area contributed by atoms with Gasteiger partial charge in [0.25, 0.3) is 0 Å². The highest BCUT2D eigenvalue weighted by atomic mass is 32.1. The quantitative estimate of drug-likeness (QED) is 0.730. The molecule has 0 unspecified atom stereocenters. The van der Waals surface area contributed by atoms with Crippen LogP contribution in [0.1, 0.15) is 5.56 Å². The molecular formula is C18H18N2O2S. The molecule has 4 nitrogen and oxygen atoms in total. The molecule has 118 valence electrons. The van der Waals surface area contributed by atoms with Crippen LogP contribution in [0.15, 0.2) is 58.7 Å². The zero-order valence-corrected chi connectivity index (χ0v) is 13.7. The number of aromatic nitrogens is 1. The number of hydrogen-bond acceptors (Lipinski definition) is 4. The van der Waals surface area contributed by atoms with Crippen molar-refractivity contribution in [1.29, 1.82) is 0 Å². The van der Waals surface area contributed by atoms with E-state index in [4.69, 9.17) is 10.5 Å². The van der Waals surface area contributed by atoms with E-state index in [-0.39, 0.29) is 4.87 Å². The van der Waals surface area contributed by atoms with E-state index >= 15 is 0 Å². The van der Waals surface area contributed by atoms with Crippen LogP contribution in [-0.2, 0) is 6.54 Å². The molecule has 0 aliphatic heterocycles. The summed E-state index contributed by atoms with van der Waals surface area (Å²) in [5.41, 5.74) is 9.49. The smallest absolute Gasteiger partial charge is 0.307 e. The lowest BCUT2D eigenvalue weighted by molar-refractivity contribution is 0.298. The Bertz CT molecular complexity index is 833. The molecule has 2 aromatic carbocycles. The van der Waals surface area contributed by atoms with Crippen LogP contribution < -0.4 is 15.3 Å². The lowest BCUT2D eigenvalue weighted by atomic mass is 10.1. The Hall–Kier alpha value is -2.53. The van der Waals surface area contributed by atoms with E-state index in [1.54, 1.807) is 4.57 Å². The van der Waals surface area contributed by atoms with E-state index in [1.807, 2.05) is 60.8 Å². The molecule has 0 atom stereocenters. The standard InChI is InChI=1S/C18H18N2O2S/c1-13-2-8-16(9-3-13)22-11-10-20-17(12-23-18(20)21)14-4-6-15(19)7-5-14/h2-9,12H,10-11,19H2,1H3. The van der Waals surface area contributed by atoms with Crippen LogP contribution in [0.2, 0.25) is 0 Å². The van der Waals surface area contributed by atoms with Gasteiger partial charge in [0.2, 0.25) is 0 Å². The lowest BCUT2D eigenvalue weighted by Gasteiger charge is -2.10. The van der Waals surface area contributed by atoms with Gasteiger partial charge in [-0.1, -0.05) is 41.2 Å². The minimum Gasteiger partial charge on any atom is -0.492 e. The zero-order chi connectivity index (χ0) is 16.2. The molecule has 0 saturated heterocycles. The monoisotopic (exact) mass is 326 g/mol. The Labute approximate surface area is 138 Å². The van der Waals surface area contributed by atoms with Gasteiger partial charge >= 0.3 is 4.87 Å². The second-order valence-electron chi connectivity index (χ2n) is 5.32. The third kappa shape index (κ3) is 3.63. The number of nitrogen functional groups attached to an aromatic ring is 1. The topological polar surface area (TPSA) is 57.2 Å². The van der Waals surface area contributed by atoms with Crippen molar-refractivity contribution in [1.82, 2.24) is 4.57 Å². The number of benzene rings is 2. The van der Waals surface area contributed by atoms with Gasteiger partial charge in [-0.05, 0) is 36.8 Å². The first kappa shape index (κ1) is 15.4. The first-order valence-electron chi connectivity index (χ1n) is 7.37. The van der Waals surface area contributed by atoms with Gasteiger partial charge in [-0.2, -0.15) is 0 Å². The second kappa shape index (κ2) is 6.71. The number of hydrogen-bond donors (Lipinski definition) is 1. The fourth-order valence-electron chi connectivity index (χ4n) is 2.31. The first-order chi connectivity index (χ1) is 11.1. The maximum atomic E-state index is 12.1. The zero-order valence-electron chi connectivity index (χ0n) is 12.9. The van der Waals surface area contributed by atoms with Crippen LogP contribution in [0.25, 0.3) is 11.3 Å². The van der Waals surface area contributed by atoms with Crippen molar-refractivity contribution in [3.63, 3.8) is 0 Å². The number of ether oxygens (including phenoxy) is 1. The highest BCUT2D eigenvalue weighted by Crippen LogP contribution is 2.21. The Morgan fingerprint density at radius 1 is 1.09 bits per heavy atom. The molecule has 0 aliphatic carbocycles. The highest BCUT2D eigenvalue weighted by Gasteiger charge is 2.09. The molecule has 0 amide bonds. The van der Waals surface area contributed by atoms with Gasteiger partial charge < -0.3 is 10.5 Å². The molecule has 5 heteroatoms. The van der Waals surface area contributed by atoms with Crippen molar-refractivity contribution in [3.8, 4) is 17.0 Å². The normalized spacial score (nSPS) is 10.7. The fourth-order valence-corrected chi connectivity index (χ4v) is 3.10. The number of nitrogens with zero attached hydrogens (tertiary/aromatic N) is 1. The SMILES string of the molecule is Cc1ccc(OCCn2c(-c3ccc(N)cc3)csc2=O)cc1. The van der Waals surface area contributed by atoms with Crippen LogP contribution in [0.4, 0.5) is 5.69 Å². The van der Waals surface area contributed by atoms with Crippen molar-refractivity contribution in [3.05, 3.63) is 69.1 Å². The third-order valence-electron chi connectivity index (χ3n) is 3.59. The second-order valence-corrected chi connectivity index (χ2v) is 6.14. The van der Waals surface area contributed by atoms with Gasteiger partial charge in [0.15, 0.2) is 0 Å². The van der Waals surface area contributed by atoms with E-state index in [0.717, 1.165) is 17.0 Å². The van der Waals surface area contributed by atoms with Crippen molar-refractivity contribution in [2.45, 2.75) is 13.5 Å². The largest absolute Gasteiger partial charge is 0.492 e. The van der Waals surface area contributed by atoms with Gasteiger partial charge in [-0.15, -0.1) is 0 Å². The van der Waals surface area contributed by atoms with Crippen LogP contribution in [0.5, 0.6) is 5.75 Å². The van der Waals surface area contributed by atoms with Gasteiger partial charge in [0.05, 0.1) is 12.2 Å². The molecule has 3 rings (SSSR count). The summed E-state index contributed by atoms with van der Waals surface area (Å²) in [5.74, 6) is 0.813. The van der Waals surface area contributed by atoms with Gasteiger partial charge in [-0.3, -0.25) is 9.36 Å². The predicted molar refractivity (Wildman–Crippen MR) is 95.1 cm³/mol. The summed E-state index contributed by atoms with van der Waals surface area (Å²) < 4.78 is 7.46. The number of thiazole rings is 1. The first-order valence-corrected chi connectivity index (χ1v) is 8.25. The molecule has 3 aromatic rings. The molecule has 1 heterocycles. The van der Waals surface area contributed by atoms with E-state index in [1.165, 1.54) is 16.9 Å². The van der Waals surface area contributed by atoms with E-state index in [0.29, 0.717) is 18.8 Å². The molecular weight excluding hydrogens is 308 g/mol. The van der Waals surface area contributed by atoms with Crippen LogP contribution in [0, 0.1) is 6.92 Å². The summed E-state index contributed by atoms with van der Waals surface area (Å²) >= 11 is 1.20. The molecule has 23 heavy (non-hydrogen) atoms. The van der Waals surface area contributed by atoms with Crippen LogP contribution in [0.3, 0.4) is 0 Å². The summed E-state index contributed by atoms with van der Waals surface area (Å²) in [6, 6.07) is 15.4. The molecule has 2 N–H and O–H groups in total. The number of aryl methyl sites for hydroxylation is 1. The van der Waals surface area contributed by atoms with E-state index in [9.17, 15) is 4.79 Å². The summed E-state index contributed by atoms with van der Waals surface area (Å²) in [6.45, 7) is 2.99. The molecule has 0 radical (unpaired) electrons. The third-order valence-corrected chi connectivity index (χ3v) is 4.36. The van der Waals surface area contributed by atoms with E-state index in [2.05, 4.69) is 0 Å². The van der Waals surface area contributed by atoms with Gasteiger partial charge in [-0.25, -0.2) is 0 Å². The van der Waals surface area contributed by atoms with Gasteiger partial charge in [0, 0.05) is 11.1 Å². The maximum absolute atomic E-state index is 12.1. The molecule has 0 spiro atoms. The molecule has 0 fully saturated rings.